The Balaban J connectivity index is 0.00000150. The molecule has 0 amide bonds. The number of hydrogen-bond acceptors (Lipinski definition) is 5. The molecule has 0 spiro atoms. The summed E-state index contributed by atoms with van der Waals surface area (Å²) in [5, 5.41) is 10.1. The maximum Gasteiger partial charge on any atom is 0.159 e. The van der Waals surface area contributed by atoms with Gasteiger partial charge in [0.05, 0.1) is 11.7 Å². The molecular formula is C22H34N4O. The standard InChI is InChI=1S/C22H30N4O.2H2/c1-23-14-20(17-9-11-26(2)12-10-17)16-3-5-18(6-4-16)25-19-7-8-22-21(13-19)24-15-27-22;;/h3-6,8,13-14,17,19,23-25H,7,9-12,15H2,1-2H3;2*1H/b20-14+;;. The maximum atomic E-state index is 5.52. The minimum absolute atomic E-state index is 0. The second-order valence-corrected chi connectivity index (χ2v) is 7.64. The summed E-state index contributed by atoms with van der Waals surface area (Å²) in [4.78, 5) is 2.42. The van der Waals surface area contributed by atoms with Gasteiger partial charge in [-0.2, -0.15) is 0 Å². The van der Waals surface area contributed by atoms with Crippen LogP contribution >= 0.6 is 0 Å². The molecule has 1 aromatic carbocycles. The van der Waals surface area contributed by atoms with Gasteiger partial charge < -0.3 is 25.6 Å². The van der Waals surface area contributed by atoms with Crippen LogP contribution in [0.15, 0.2) is 54.1 Å². The molecule has 1 aromatic rings. The van der Waals surface area contributed by atoms with E-state index in [-0.39, 0.29) is 2.85 Å². The number of rotatable bonds is 5. The fraction of sp³-hybridized carbons (Fsp3) is 0.455. The van der Waals surface area contributed by atoms with E-state index in [0.717, 1.165) is 23.6 Å². The molecule has 27 heavy (non-hydrogen) atoms. The number of anilines is 1. The van der Waals surface area contributed by atoms with Crippen molar-refractivity contribution in [2.45, 2.75) is 25.3 Å². The fourth-order valence-corrected chi connectivity index (χ4v) is 4.16. The van der Waals surface area contributed by atoms with Crippen LogP contribution in [0.4, 0.5) is 5.69 Å². The van der Waals surface area contributed by atoms with E-state index in [1.165, 1.54) is 37.1 Å². The van der Waals surface area contributed by atoms with Gasteiger partial charge in [0.1, 0.15) is 5.76 Å². The Labute approximate surface area is 165 Å². The van der Waals surface area contributed by atoms with Gasteiger partial charge in [-0.1, -0.05) is 12.1 Å². The summed E-state index contributed by atoms with van der Waals surface area (Å²) in [6.07, 6.45) is 9.97. The first-order chi connectivity index (χ1) is 13.2. The van der Waals surface area contributed by atoms with E-state index in [2.05, 4.69) is 70.5 Å². The Morgan fingerprint density at radius 1 is 1.26 bits per heavy atom. The number of allylic oxidation sites excluding steroid dienone is 1. The highest BCUT2D eigenvalue weighted by molar-refractivity contribution is 5.69. The van der Waals surface area contributed by atoms with Gasteiger partial charge in [0, 0.05) is 21.8 Å². The highest BCUT2D eigenvalue weighted by Crippen LogP contribution is 2.32. The predicted octanol–water partition coefficient (Wildman–Crippen LogP) is 3.61. The first kappa shape index (κ1) is 18.0. The van der Waals surface area contributed by atoms with Gasteiger partial charge in [0.25, 0.3) is 0 Å². The van der Waals surface area contributed by atoms with E-state index >= 15 is 0 Å². The highest BCUT2D eigenvalue weighted by atomic mass is 16.5. The molecule has 3 N–H and O–H groups in total. The molecule has 2 fully saturated rings. The second kappa shape index (κ2) is 8.09. The van der Waals surface area contributed by atoms with E-state index < -0.39 is 0 Å². The third-order valence-electron chi connectivity index (χ3n) is 5.71. The van der Waals surface area contributed by atoms with Gasteiger partial charge >= 0.3 is 0 Å². The molecule has 0 radical (unpaired) electrons. The minimum Gasteiger partial charge on any atom is -0.472 e. The molecule has 0 bridgehead atoms. The molecule has 2 aliphatic heterocycles. The van der Waals surface area contributed by atoms with Gasteiger partial charge in [0.15, 0.2) is 6.73 Å². The summed E-state index contributed by atoms with van der Waals surface area (Å²) in [6.45, 7) is 2.93. The van der Waals surface area contributed by atoms with Gasteiger partial charge in [-0.15, -0.1) is 0 Å². The van der Waals surface area contributed by atoms with Crippen molar-refractivity contribution in [3.63, 3.8) is 0 Å². The monoisotopic (exact) mass is 370 g/mol. The molecule has 1 unspecified atom stereocenters. The van der Waals surface area contributed by atoms with Gasteiger partial charge in [-0.05, 0) is 80.7 Å². The Bertz CT molecular complexity index is 753. The zero-order chi connectivity index (χ0) is 18.6. The summed E-state index contributed by atoms with van der Waals surface area (Å²) in [6, 6.07) is 9.19. The van der Waals surface area contributed by atoms with E-state index in [1.807, 2.05) is 7.05 Å². The lowest BCUT2D eigenvalue weighted by molar-refractivity contribution is 0.248. The zero-order valence-corrected chi connectivity index (χ0v) is 16.3. The van der Waals surface area contributed by atoms with Crippen molar-refractivity contribution in [2.24, 2.45) is 5.92 Å². The lowest BCUT2D eigenvalue weighted by Crippen LogP contribution is -2.30. The van der Waals surface area contributed by atoms with E-state index in [4.69, 9.17) is 4.74 Å². The molecule has 0 saturated carbocycles. The van der Waals surface area contributed by atoms with Crippen LogP contribution in [0.5, 0.6) is 0 Å². The number of likely N-dealkylation sites (tertiary alicyclic amines) is 1. The van der Waals surface area contributed by atoms with Crippen LogP contribution in [0.25, 0.3) is 5.57 Å². The number of fused-ring (bicyclic) bond motifs is 1. The van der Waals surface area contributed by atoms with E-state index in [0.29, 0.717) is 18.7 Å². The molecule has 2 heterocycles. The fourth-order valence-electron chi connectivity index (χ4n) is 4.16. The van der Waals surface area contributed by atoms with E-state index in [9.17, 15) is 0 Å². The molecule has 5 heteroatoms. The van der Waals surface area contributed by atoms with Crippen LogP contribution in [-0.4, -0.2) is 44.9 Å². The summed E-state index contributed by atoms with van der Waals surface area (Å²) < 4.78 is 5.52. The zero-order valence-electron chi connectivity index (χ0n) is 16.3. The Hall–Kier alpha value is -2.40. The maximum absolute atomic E-state index is 5.52. The van der Waals surface area contributed by atoms with Crippen molar-refractivity contribution in [1.29, 1.82) is 0 Å². The van der Waals surface area contributed by atoms with Crippen LogP contribution in [0, 0.1) is 5.92 Å². The van der Waals surface area contributed by atoms with Gasteiger partial charge in [-0.3, -0.25) is 0 Å². The topological polar surface area (TPSA) is 48.6 Å². The quantitative estimate of drug-likeness (QED) is 0.739. The molecule has 4 rings (SSSR count). The first-order valence-corrected chi connectivity index (χ1v) is 9.95. The number of benzene rings is 1. The molecule has 2 saturated heterocycles. The number of hydrogen-bond donors (Lipinski definition) is 3. The third-order valence-corrected chi connectivity index (χ3v) is 5.71. The van der Waals surface area contributed by atoms with Gasteiger partial charge in [0.2, 0.25) is 0 Å². The van der Waals surface area contributed by atoms with Crippen LogP contribution in [0.2, 0.25) is 0 Å². The lowest BCUT2D eigenvalue weighted by atomic mass is 9.85. The van der Waals surface area contributed by atoms with Crippen LogP contribution in [0.3, 0.4) is 0 Å². The molecule has 148 valence electrons. The van der Waals surface area contributed by atoms with Crippen molar-refractivity contribution >= 4 is 11.3 Å². The molecule has 0 aromatic heterocycles. The number of nitrogens with zero attached hydrogens (tertiary/aromatic N) is 1. The molecule has 1 aliphatic carbocycles. The molecular weight excluding hydrogens is 336 g/mol. The smallest absolute Gasteiger partial charge is 0.159 e. The van der Waals surface area contributed by atoms with Crippen molar-refractivity contribution in [3.8, 4) is 0 Å². The predicted molar refractivity (Wildman–Crippen MR) is 115 cm³/mol. The van der Waals surface area contributed by atoms with Crippen LogP contribution in [-0.2, 0) is 4.74 Å². The average Bonchev–Trinajstić information content (AvgIpc) is 3.16. The van der Waals surface area contributed by atoms with Crippen LogP contribution in [0.1, 0.15) is 27.7 Å². The summed E-state index contributed by atoms with van der Waals surface area (Å²) in [5.41, 5.74) is 5.01. The summed E-state index contributed by atoms with van der Waals surface area (Å²) >= 11 is 0. The van der Waals surface area contributed by atoms with Crippen molar-refractivity contribution < 1.29 is 7.59 Å². The number of ether oxygens (including phenoxy) is 1. The average molecular weight is 371 g/mol. The van der Waals surface area contributed by atoms with Crippen molar-refractivity contribution in [1.82, 2.24) is 15.5 Å². The summed E-state index contributed by atoms with van der Waals surface area (Å²) in [5.74, 6) is 1.62. The largest absolute Gasteiger partial charge is 0.472 e. The molecule has 3 aliphatic rings. The molecule has 1 atom stereocenters. The van der Waals surface area contributed by atoms with Crippen molar-refractivity contribution in [2.75, 3.05) is 39.2 Å². The summed E-state index contributed by atoms with van der Waals surface area (Å²) in [7, 11) is 4.20. The lowest BCUT2D eigenvalue weighted by Gasteiger charge is -2.31. The number of nitrogens with one attached hydrogen (secondary N) is 3. The second-order valence-electron chi connectivity index (χ2n) is 7.64. The van der Waals surface area contributed by atoms with E-state index in [1.54, 1.807) is 0 Å². The first-order valence-electron chi connectivity index (χ1n) is 9.95. The highest BCUT2D eigenvalue weighted by Gasteiger charge is 2.22. The minimum atomic E-state index is 0. The third kappa shape index (κ3) is 4.14. The SMILES string of the molecule is CN/C=C(\c1ccc(NC2C=C3NCOC3=CC2)cc1)C1CCN(C)CC1.[HH].[HH]. The normalized spacial score (nSPS) is 23.6. The Morgan fingerprint density at radius 3 is 2.78 bits per heavy atom. The Morgan fingerprint density at radius 2 is 2.04 bits per heavy atom. The van der Waals surface area contributed by atoms with Crippen molar-refractivity contribution in [3.05, 3.63) is 59.6 Å². The Kier molecular flexibility index (Phi) is 5.39. The number of piperidine rings is 1. The van der Waals surface area contributed by atoms with Gasteiger partial charge in [-0.25, -0.2) is 0 Å². The molecule has 5 nitrogen and oxygen atoms in total. The van der Waals surface area contributed by atoms with Crippen LogP contribution < -0.4 is 16.0 Å².